The number of benzene rings is 1. The molecule has 1 aromatic carbocycles. The van der Waals surface area contributed by atoms with Crippen LogP contribution in [0.1, 0.15) is 23.3 Å². The fraction of sp³-hybridized carbons (Fsp3) is 0.222. The third kappa shape index (κ3) is 3.81. The molecule has 4 rings (SSSR count). The van der Waals surface area contributed by atoms with Gasteiger partial charge < -0.3 is 5.32 Å². The summed E-state index contributed by atoms with van der Waals surface area (Å²) < 4.78 is 26.6. The van der Waals surface area contributed by atoms with E-state index < -0.39 is 10.0 Å². The van der Waals surface area contributed by atoms with Crippen LogP contribution in [0.3, 0.4) is 0 Å². The summed E-state index contributed by atoms with van der Waals surface area (Å²) in [7, 11) is -3.45. The Labute approximate surface area is 165 Å². The number of nitrogens with zero attached hydrogens (tertiary/aromatic N) is 2. The molecule has 0 radical (unpaired) electrons. The zero-order valence-electron chi connectivity index (χ0n) is 14.3. The highest BCUT2D eigenvalue weighted by molar-refractivity contribution is 7.89. The van der Waals surface area contributed by atoms with Gasteiger partial charge in [-0.15, -0.1) is 22.7 Å². The van der Waals surface area contributed by atoms with Crippen LogP contribution in [0.5, 0.6) is 0 Å². The summed E-state index contributed by atoms with van der Waals surface area (Å²) >= 11 is 2.99. The number of nitrogens with one attached hydrogen (secondary N) is 1. The summed E-state index contributed by atoms with van der Waals surface area (Å²) in [5, 5.41) is 7.26. The minimum Gasteiger partial charge on any atom is -0.321 e. The van der Waals surface area contributed by atoms with Gasteiger partial charge in [-0.3, -0.25) is 4.79 Å². The second-order valence-electron chi connectivity index (χ2n) is 6.10. The van der Waals surface area contributed by atoms with Crippen LogP contribution in [0.4, 0.5) is 5.69 Å². The van der Waals surface area contributed by atoms with Crippen LogP contribution in [0.2, 0.25) is 0 Å². The van der Waals surface area contributed by atoms with E-state index in [1.54, 1.807) is 28.8 Å². The Balaban J connectivity index is 1.46. The van der Waals surface area contributed by atoms with E-state index in [1.165, 1.54) is 27.8 Å². The molecule has 1 aliphatic heterocycles. The second kappa shape index (κ2) is 7.51. The van der Waals surface area contributed by atoms with E-state index in [2.05, 4.69) is 10.3 Å². The second-order valence-corrected chi connectivity index (χ2v) is 9.85. The molecule has 9 heteroatoms. The summed E-state index contributed by atoms with van der Waals surface area (Å²) in [4.78, 5) is 18.0. The number of carbonyl (C=O) groups excluding carboxylic acids is 1. The van der Waals surface area contributed by atoms with Gasteiger partial charge in [-0.25, -0.2) is 13.4 Å². The van der Waals surface area contributed by atoms with Crippen LogP contribution in [0, 0.1) is 0 Å². The fourth-order valence-corrected chi connectivity index (χ4v) is 6.01. The molecular weight excluding hydrogens is 402 g/mol. The molecule has 2 aromatic heterocycles. The van der Waals surface area contributed by atoms with Crippen LogP contribution in [0.15, 0.2) is 52.1 Å². The van der Waals surface area contributed by atoms with E-state index in [0.29, 0.717) is 24.5 Å². The summed E-state index contributed by atoms with van der Waals surface area (Å²) in [6, 6.07) is 10.2. The first-order valence-corrected chi connectivity index (χ1v) is 11.6. The van der Waals surface area contributed by atoms with Gasteiger partial charge in [0.15, 0.2) is 0 Å². The number of aromatic nitrogens is 1. The first-order chi connectivity index (χ1) is 13.0. The first-order valence-electron chi connectivity index (χ1n) is 8.45. The van der Waals surface area contributed by atoms with E-state index >= 15 is 0 Å². The van der Waals surface area contributed by atoms with Crippen LogP contribution >= 0.6 is 22.7 Å². The van der Waals surface area contributed by atoms with Crippen LogP contribution in [0.25, 0.3) is 9.88 Å². The summed E-state index contributed by atoms with van der Waals surface area (Å²) in [5.74, 6) is -0.316. The van der Waals surface area contributed by atoms with Crippen LogP contribution < -0.4 is 5.32 Å². The zero-order valence-corrected chi connectivity index (χ0v) is 16.7. The number of hydrogen-bond acceptors (Lipinski definition) is 6. The minimum absolute atomic E-state index is 0.246. The molecule has 1 amide bonds. The van der Waals surface area contributed by atoms with Gasteiger partial charge in [0.1, 0.15) is 10.7 Å². The average molecular weight is 420 g/mol. The van der Waals surface area contributed by atoms with Crippen LogP contribution in [-0.4, -0.2) is 36.7 Å². The number of amides is 1. The van der Waals surface area contributed by atoms with Crippen molar-refractivity contribution in [3.8, 4) is 9.88 Å². The minimum atomic E-state index is -3.45. The van der Waals surface area contributed by atoms with E-state index in [1.807, 2.05) is 17.5 Å². The van der Waals surface area contributed by atoms with Gasteiger partial charge in [0.05, 0.1) is 9.77 Å². The Kier molecular flexibility index (Phi) is 5.09. The molecule has 3 aromatic rings. The lowest BCUT2D eigenvalue weighted by Gasteiger charge is -2.15. The highest BCUT2D eigenvalue weighted by atomic mass is 32.2. The maximum Gasteiger partial charge on any atom is 0.275 e. The lowest BCUT2D eigenvalue weighted by Crippen LogP contribution is -2.27. The van der Waals surface area contributed by atoms with E-state index in [-0.39, 0.29) is 10.8 Å². The molecule has 0 bridgehead atoms. The monoisotopic (exact) mass is 419 g/mol. The molecule has 140 valence electrons. The zero-order chi connectivity index (χ0) is 18.9. The van der Waals surface area contributed by atoms with Gasteiger partial charge in [-0.1, -0.05) is 6.07 Å². The van der Waals surface area contributed by atoms with Crippen molar-refractivity contribution in [1.82, 2.24) is 9.29 Å². The molecule has 1 N–H and O–H groups in total. The topological polar surface area (TPSA) is 79.4 Å². The largest absolute Gasteiger partial charge is 0.321 e. The van der Waals surface area contributed by atoms with E-state index in [9.17, 15) is 13.2 Å². The standard InChI is InChI=1S/C18H17N3O3S3/c22-17(15-12-26-18(20-15)16-4-3-11-25-16)19-13-5-7-14(8-6-13)27(23,24)21-9-1-2-10-21/h3-8,11-12H,1-2,9-10H2,(H,19,22). The molecule has 1 saturated heterocycles. The van der Waals surface area contributed by atoms with Crippen LogP contribution in [-0.2, 0) is 10.0 Å². The molecular formula is C18H17N3O3S3. The number of hydrogen-bond donors (Lipinski definition) is 1. The van der Waals surface area contributed by atoms with Gasteiger partial charge in [-0.05, 0) is 48.6 Å². The maximum absolute atomic E-state index is 12.5. The van der Waals surface area contributed by atoms with Crippen molar-refractivity contribution in [2.45, 2.75) is 17.7 Å². The SMILES string of the molecule is O=C(Nc1ccc(S(=O)(=O)N2CCCC2)cc1)c1csc(-c2cccs2)n1. The summed E-state index contributed by atoms with van der Waals surface area (Å²) in [6.07, 6.45) is 1.79. The van der Waals surface area contributed by atoms with Crippen molar-refractivity contribution in [1.29, 1.82) is 0 Å². The van der Waals surface area contributed by atoms with E-state index in [4.69, 9.17) is 0 Å². The van der Waals surface area contributed by atoms with Gasteiger partial charge >= 0.3 is 0 Å². The van der Waals surface area contributed by atoms with Crippen molar-refractivity contribution in [3.63, 3.8) is 0 Å². The van der Waals surface area contributed by atoms with Crippen molar-refractivity contribution >= 4 is 44.3 Å². The van der Waals surface area contributed by atoms with Gasteiger partial charge in [-0.2, -0.15) is 4.31 Å². The molecule has 27 heavy (non-hydrogen) atoms. The smallest absolute Gasteiger partial charge is 0.275 e. The Hall–Kier alpha value is -2.07. The Bertz CT molecular complexity index is 1040. The normalized spacial score (nSPS) is 15.1. The number of carbonyl (C=O) groups is 1. The quantitative estimate of drug-likeness (QED) is 0.680. The first kappa shape index (κ1) is 18.3. The molecule has 0 atom stereocenters. The molecule has 0 aliphatic carbocycles. The van der Waals surface area contributed by atoms with Crippen molar-refractivity contribution in [2.24, 2.45) is 0 Å². The predicted octanol–water partition coefficient (Wildman–Crippen LogP) is 3.91. The van der Waals surface area contributed by atoms with Crippen molar-refractivity contribution in [3.05, 3.63) is 52.9 Å². The Morgan fingerprint density at radius 2 is 1.81 bits per heavy atom. The molecule has 0 spiro atoms. The molecule has 0 unspecified atom stereocenters. The highest BCUT2D eigenvalue weighted by Crippen LogP contribution is 2.28. The number of rotatable bonds is 5. The highest BCUT2D eigenvalue weighted by Gasteiger charge is 2.27. The number of sulfonamides is 1. The predicted molar refractivity (Wildman–Crippen MR) is 108 cm³/mol. The molecule has 6 nitrogen and oxygen atoms in total. The molecule has 3 heterocycles. The third-order valence-electron chi connectivity index (χ3n) is 4.28. The number of thiophene rings is 1. The molecule has 1 fully saturated rings. The number of thiazole rings is 1. The van der Waals surface area contributed by atoms with Gasteiger partial charge in [0.25, 0.3) is 5.91 Å². The third-order valence-corrected chi connectivity index (χ3v) is 8.08. The van der Waals surface area contributed by atoms with Gasteiger partial charge in [0, 0.05) is 24.2 Å². The van der Waals surface area contributed by atoms with Crippen molar-refractivity contribution in [2.75, 3.05) is 18.4 Å². The lowest BCUT2D eigenvalue weighted by molar-refractivity contribution is 0.102. The summed E-state index contributed by atoms with van der Waals surface area (Å²) in [5.41, 5.74) is 0.878. The van der Waals surface area contributed by atoms with Crippen molar-refractivity contribution < 1.29 is 13.2 Å². The Morgan fingerprint density at radius 3 is 2.48 bits per heavy atom. The Morgan fingerprint density at radius 1 is 1.07 bits per heavy atom. The molecule has 1 aliphatic rings. The van der Waals surface area contributed by atoms with Gasteiger partial charge in [0.2, 0.25) is 10.0 Å². The fourth-order valence-electron chi connectivity index (χ4n) is 2.87. The average Bonchev–Trinajstić information content (AvgIpc) is 3.44. The number of anilines is 1. The lowest BCUT2D eigenvalue weighted by atomic mass is 10.3. The van der Waals surface area contributed by atoms with E-state index in [0.717, 1.165) is 22.7 Å². The maximum atomic E-state index is 12.5. The molecule has 0 saturated carbocycles. The summed E-state index contributed by atoms with van der Waals surface area (Å²) in [6.45, 7) is 1.13.